The summed E-state index contributed by atoms with van der Waals surface area (Å²) in [6.45, 7) is 1.12. The highest BCUT2D eigenvalue weighted by molar-refractivity contribution is 6.65. The predicted molar refractivity (Wildman–Crippen MR) is 74.0 cm³/mol. The molecule has 0 saturated heterocycles. The lowest BCUT2D eigenvalue weighted by Crippen LogP contribution is -2.30. The van der Waals surface area contributed by atoms with Crippen molar-refractivity contribution in [2.24, 2.45) is 0 Å². The van der Waals surface area contributed by atoms with Crippen molar-refractivity contribution in [1.82, 2.24) is 25.3 Å². The molecule has 0 fully saturated rings. The second kappa shape index (κ2) is 5.11. The monoisotopic (exact) mass is 296 g/mol. The summed E-state index contributed by atoms with van der Waals surface area (Å²) >= 11 is 0. The Hall–Kier alpha value is -3.52. The molecule has 1 aromatic carbocycles. The Balaban J connectivity index is 2.15. The first-order valence-electron chi connectivity index (χ1n) is 6.13. The lowest BCUT2D eigenvalue weighted by molar-refractivity contribution is -0.121. The minimum Gasteiger partial charge on any atom is -0.360 e. The van der Waals surface area contributed by atoms with E-state index in [9.17, 15) is 9.59 Å². The molecule has 0 radical (unpaired) electrons. The van der Waals surface area contributed by atoms with Gasteiger partial charge in [-0.3, -0.25) is 14.9 Å². The fourth-order valence-electron chi connectivity index (χ4n) is 1.98. The standard InChI is InChI=1S/C12H8N8O2/c1-6(21)9(15-13)12(22)14-10-7-4-2-3-5-8(7)11-16-18-19-20(11)17-10/h2-5H,1H3,(H,14,17,22). The van der Waals surface area contributed by atoms with Crippen LogP contribution in [-0.2, 0) is 9.59 Å². The number of tetrazole rings is 1. The average molecular weight is 296 g/mol. The molecule has 1 amide bonds. The summed E-state index contributed by atoms with van der Waals surface area (Å²) in [6.07, 6.45) is 0. The van der Waals surface area contributed by atoms with Crippen LogP contribution in [0.15, 0.2) is 24.3 Å². The van der Waals surface area contributed by atoms with Crippen molar-refractivity contribution in [3.8, 4) is 0 Å². The lowest BCUT2D eigenvalue weighted by Gasteiger charge is -2.05. The van der Waals surface area contributed by atoms with Gasteiger partial charge < -0.3 is 5.53 Å². The molecule has 0 spiro atoms. The number of ketones is 1. The number of fused-ring (bicyclic) bond motifs is 3. The number of carbonyl (C=O) groups excluding carboxylic acids is 2. The number of carbonyl (C=O) groups is 2. The zero-order chi connectivity index (χ0) is 15.7. The van der Waals surface area contributed by atoms with Crippen LogP contribution in [0, 0.1) is 0 Å². The highest BCUT2D eigenvalue weighted by atomic mass is 16.2. The Kier molecular flexibility index (Phi) is 3.13. The van der Waals surface area contributed by atoms with Crippen molar-refractivity contribution in [2.75, 3.05) is 5.32 Å². The van der Waals surface area contributed by atoms with Gasteiger partial charge in [-0.2, -0.15) is 4.79 Å². The Morgan fingerprint density at radius 3 is 2.68 bits per heavy atom. The van der Waals surface area contributed by atoms with Crippen LogP contribution < -0.4 is 5.32 Å². The molecule has 0 aliphatic heterocycles. The third-order valence-electron chi connectivity index (χ3n) is 2.95. The van der Waals surface area contributed by atoms with Gasteiger partial charge in [-0.15, -0.1) is 14.8 Å². The molecule has 3 aromatic rings. The Labute approximate surface area is 122 Å². The van der Waals surface area contributed by atoms with Gasteiger partial charge in [-0.25, -0.2) is 0 Å². The molecule has 0 atom stereocenters. The van der Waals surface area contributed by atoms with Gasteiger partial charge in [-0.1, -0.05) is 24.3 Å². The van der Waals surface area contributed by atoms with Crippen molar-refractivity contribution in [2.45, 2.75) is 6.92 Å². The molecular formula is C12H8N8O2. The van der Waals surface area contributed by atoms with Gasteiger partial charge in [0.2, 0.25) is 11.4 Å². The van der Waals surface area contributed by atoms with E-state index in [1.807, 2.05) is 0 Å². The first-order valence-corrected chi connectivity index (χ1v) is 6.13. The van der Waals surface area contributed by atoms with Crippen molar-refractivity contribution in [3.05, 3.63) is 29.8 Å². The van der Waals surface area contributed by atoms with Crippen LogP contribution in [0.1, 0.15) is 6.92 Å². The molecule has 2 heterocycles. The first-order chi connectivity index (χ1) is 10.6. The highest BCUT2D eigenvalue weighted by Crippen LogP contribution is 2.23. The molecule has 22 heavy (non-hydrogen) atoms. The van der Waals surface area contributed by atoms with Crippen LogP contribution in [0.3, 0.4) is 0 Å². The summed E-state index contributed by atoms with van der Waals surface area (Å²) in [5.74, 6) is -1.41. The zero-order valence-corrected chi connectivity index (χ0v) is 11.3. The maximum atomic E-state index is 12.0. The SMILES string of the molecule is CC(=O)C(=[N+]=[N-])C(=O)Nc1nn2nnnc2c2ccccc12. The number of benzene rings is 1. The first kappa shape index (κ1) is 13.5. The largest absolute Gasteiger partial charge is 0.421 e. The summed E-state index contributed by atoms with van der Waals surface area (Å²) in [4.78, 5) is 25.9. The number of nitrogens with one attached hydrogen (secondary N) is 1. The van der Waals surface area contributed by atoms with Crippen LogP contribution in [0.5, 0.6) is 0 Å². The van der Waals surface area contributed by atoms with Crippen molar-refractivity contribution in [3.63, 3.8) is 0 Å². The smallest absolute Gasteiger partial charge is 0.360 e. The molecule has 0 aliphatic carbocycles. The van der Waals surface area contributed by atoms with E-state index in [0.29, 0.717) is 16.4 Å². The predicted octanol–water partition coefficient (Wildman–Crippen LogP) is -0.129. The molecular weight excluding hydrogens is 288 g/mol. The summed E-state index contributed by atoms with van der Waals surface area (Å²) in [5, 5.41) is 18.8. The van der Waals surface area contributed by atoms with Gasteiger partial charge in [0.05, 0.1) is 0 Å². The summed E-state index contributed by atoms with van der Waals surface area (Å²) in [6, 6.07) is 7.03. The second-order valence-corrected chi connectivity index (χ2v) is 4.35. The van der Waals surface area contributed by atoms with E-state index in [0.717, 1.165) is 11.6 Å². The number of hydrogen-bond donors (Lipinski definition) is 1. The third-order valence-corrected chi connectivity index (χ3v) is 2.95. The fraction of sp³-hybridized carbons (Fsp3) is 0.0833. The van der Waals surface area contributed by atoms with Crippen LogP contribution >= 0.6 is 0 Å². The topological polar surface area (TPSA) is 139 Å². The summed E-state index contributed by atoms with van der Waals surface area (Å²) in [5.41, 5.74) is 8.55. The van der Waals surface area contributed by atoms with E-state index in [4.69, 9.17) is 5.53 Å². The van der Waals surface area contributed by atoms with Gasteiger partial charge in [-0.05, 0) is 10.4 Å². The summed E-state index contributed by atoms with van der Waals surface area (Å²) < 4.78 is 1.15. The van der Waals surface area contributed by atoms with Crippen LogP contribution in [-0.4, -0.2) is 47.4 Å². The van der Waals surface area contributed by atoms with Crippen molar-refractivity contribution in [1.29, 1.82) is 0 Å². The normalized spacial score (nSPS) is 10.4. The molecule has 2 aromatic heterocycles. The van der Waals surface area contributed by atoms with Crippen molar-refractivity contribution >= 4 is 39.6 Å². The van der Waals surface area contributed by atoms with Gasteiger partial charge in [0.25, 0.3) is 0 Å². The van der Waals surface area contributed by atoms with E-state index in [1.54, 1.807) is 24.3 Å². The number of amides is 1. The third kappa shape index (κ3) is 2.09. The highest BCUT2D eigenvalue weighted by Gasteiger charge is 2.27. The van der Waals surface area contributed by atoms with Crippen LogP contribution in [0.25, 0.3) is 22.0 Å². The van der Waals surface area contributed by atoms with E-state index in [-0.39, 0.29) is 5.82 Å². The molecule has 10 nitrogen and oxygen atoms in total. The average Bonchev–Trinajstić information content (AvgIpc) is 2.96. The number of rotatable bonds is 3. The maximum absolute atomic E-state index is 12.0. The second-order valence-electron chi connectivity index (χ2n) is 4.35. The quantitative estimate of drug-likeness (QED) is 0.309. The Bertz CT molecular complexity index is 970. The van der Waals surface area contributed by atoms with E-state index in [1.165, 1.54) is 0 Å². The number of Topliss-reactive ketones (excluding diaryl/α,β-unsaturated/α-hetero) is 1. The number of anilines is 1. The Morgan fingerprint density at radius 2 is 2.00 bits per heavy atom. The van der Waals surface area contributed by atoms with Gasteiger partial charge in [0.15, 0.2) is 5.82 Å². The minimum absolute atomic E-state index is 0.141. The molecule has 0 aliphatic rings. The molecule has 1 N–H and O–H groups in total. The fourth-order valence-corrected chi connectivity index (χ4v) is 1.98. The molecule has 0 bridgehead atoms. The number of hydrogen-bond acceptors (Lipinski definition) is 6. The van der Waals surface area contributed by atoms with Crippen LogP contribution in [0.2, 0.25) is 0 Å². The lowest BCUT2D eigenvalue weighted by atomic mass is 10.1. The molecule has 3 rings (SSSR count). The van der Waals surface area contributed by atoms with Gasteiger partial charge >= 0.3 is 11.6 Å². The molecule has 108 valence electrons. The van der Waals surface area contributed by atoms with Gasteiger partial charge in [0.1, 0.15) is 0 Å². The zero-order valence-electron chi connectivity index (χ0n) is 11.3. The summed E-state index contributed by atoms with van der Waals surface area (Å²) in [7, 11) is 0. The maximum Gasteiger partial charge on any atom is 0.421 e. The van der Waals surface area contributed by atoms with E-state index in [2.05, 4.69) is 30.7 Å². The van der Waals surface area contributed by atoms with Gasteiger partial charge in [0, 0.05) is 17.7 Å². The Morgan fingerprint density at radius 1 is 1.27 bits per heavy atom. The molecule has 0 saturated carbocycles. The minimum atomic E-state index is -0.875. The van der Waals surface area contributed by atoms with E-state index < -0.39 is 17.4 Å². The van der Waals surface area contributed by atoms with Crippen molar-refractivity contribution < 1.29 is 14.4 Å². The molecule has 0 unspecified atom stereocenters. The number of aromatic nitrogens is 5. The molecule has 10 heteroatoms. The van der Waals surface area contributed by atoms with Crippen LogP contribution in [0.4, 0.5) is 5.82 Å². The van der Waals surface area contributed by atoms with E-state index >= 15 is 0 Å². The number of nitrogens with zero attached hydrogens (tertiary/aromatic N) is 7.